The number of nitrogens with zero attached hydrogens (tertiary/aromatic N) is 1. The van der Waals surface area contributed by atoms with Crippen LogP contribution in [-0.2, 0) is 11.2 Å². The van der Waals surface area contributed by atoms with E-state index in [4.69, 9.17) is 4.42 Å². The molecule has 0 saturated heterocycles. The first-order valence-corrected chi connectivity index (χ1v) is 10.4. The summed E-state index contributed by atoms with van der Waals surface area (Å²) in [6.07, 6.45) is 9.54. The molecule has 27 heavy (non-hydrogen) atoms. The van der Waals surface area contributed by atoms with Crippen molar-refractivity contribution in [3.63, 3.8) is 0 Å². The summed E-state index contributed by atoms with van der Waals surface area (Å²) in [6, 6.07) is 8.63. The third kappa shape index (κ3) is 3.42. The van der Waals surface area contributed by atoms with Gasteiger partial charge in [-0.25, -0.2) is 4.98 Å². The monoisotopic (exact) mass is 364 g/mol. The molecule has 4 nitrogen and oxygen atoms in total. The number of aromatic nitrogens is 1. The van der Waals surface area contributed by atoms with E-state index in [9.17, 15) is 4.79 Å². The van der Waals surface area contributed by atoms with Crippen LogP contribution in [0.25, 0.3) is 11.3 Å². The first kappa shape index (κ1) is 17.0. The Morgan fingerprint density at radius 1 is 1.07 bits per heavy atom. The highest BCUT2D eigenvalue weighted by Crippen LogP contribution is 2.53. The second-order valence-corrected chi connectivity index (χ2v) is 9.01. The topological polar surface area (TPSA) is 55.1 Å². The van der Waals surface area contributed by atoms with Gasteiger partial charge in [0.05, 0.1) is 6.20 Å². The number of aryl methyl sites for hydroxylation is 2. The highest BCUT2D eigenvalue weighted by atomic mass is 16.4. The first-order valence-electron chi connectivity index (χ1n) is 10.4. The Balaban J connectivity index is 1.16. The van der Waals surface area contributed by atoms with Gasteiger partial charge in [0, 0.05) is 24.4 Å². The Hall–Kier alpha value is -2.10. The summed E-state index contributed by atoms with van der Waals surface area (Å²) in [4.78, 5) is 16.9. The fraction of sp³-hybridized carbons (Fsp3) is 0.565. The summed E-state index contributed by atoms with van der Waals surface area (Å²) in [6.45, 7) is 2.07. The summed E-state index contributed by atoms with van der Waals surface area (Å²) >= 11 is 0. The van der Waals surface area contributed by atoms with Gasteiger partial charge in [0.2, 0.25) is 5.91 Å². The van der Waals surface area contributed by atoms with Crippen LogP contribution in [0.15, 0.2) is 34.9 Å². The van der Waals surface area contributed by atoms with Crippen LogP contribution in [0.2, 0.25) is 0 Å². The smallest absolute Gasteiger partial charge is 0.220 e. The molecule has 1 N–H and O–H groups in total. The van der Waals surface area contributed by atoms with Gasteiger partial charge in [-0.2, -0.15) is 0 Å². The molecular weight excluding hydrogens is 336 g/mol. The van der Waals surface area contributed by atoms with Crippen LogP contribution >= 0.6 is 0 Å². The molecule has 4 heteroatoms. The summed E-state index contributed by atoms with van der Waals surface area (Å²) in [5, 5.41) is 3.37. The minimum atomic E-state index is 0.155. The first-order chi connectivity index (χ1) is 13.1. The molecule has 4 bridgehead atoms. The van der Waals surface area contributed by atoms with Crippen LogP contribution < -0.4 is 5.32 Å². The van der Waals surface area contributed by atoms with Gasteiger partial charge in [-0.05, 0) is 62.7 Å². The Labute approximate surface area is 160 Å². The maximum Gasteiger partial charge on any atom is 0.220 e. The van der Waals surface area contributed by atoms with Gasteiger partial charge in [-0.1, -0.05) is 29.8 Å². The average molecular weight is 364 g/mol. The molecule has 1 heterocycles. The van der Waals surface area contributed by atoms with Crippen molar-refractivity contribution in [1.29, 1.82) is 0 Å². The largest absolute Gasteiger partial charge is 0.441 e. The number of nitrogens with one attached hydrogen (secondary N) is 1. The molecule has 4 aliphatic rings. The summed E-state index contributed by atoms with van der Waals surface area (Å²) < 4.78 is 5.85. The van der Waals surface area contributed by atoms with E-state index < -0.39 is 0 Å². The van der Waals surface area contributed by atoms with Crippen molar-refractivity contribution >= 4 is 5.91 Å². The van der Waals surface area contributed by atoms with Crippen molar-refractivity contribution in [3.05, 3.63) is 41.9 Å². The molecule has 1 aromatic heterocycles. The average Bonchev–Trinajstić information content (AvgIpc) is 3.12. The molecule has 0 spiro atoms. The molecule has 4 fully saturated rings. The van der Waals surface area contributed by atoms with Gasteiger partial charge >= 0.3 is 0 Å². The van der Waals surface area contributed by atoms with Crippen LogP contribution in [-0.4, -0.2) is 16.9 Å². The Morgan fingerprint density at radius 2 is 1.74 bits per heavy atom. The molecule has 0 aliphatic heterocycles. The number of amides is 1. The lowest BCUT2D eigenvalue weighted by molar-refractivity contribution is -0.125. The summed E-state index contributed by atoms with van der Waals surface area (Å²) in [5.41, 5.74) is 2.25. The second-order valence-electron chi connectivity index (χ2n) is 9.01. The predicted molar refractivity (Wildman–Crippen MR) is 104 cm³/mol. The van der Waals surface area contributed by atoms with E-state index in [-0.39, 0.29) is 5.91 Å². The molecule has 142 valence electrons. The van der Waals surface area contributed by atoms with Crippen molar-refractivity contribution in [2.24, 2.45) is 23.7 Å². The molecule has 0 atom stereocenters. The minimum Gasteiger partial charge on any atom is -0.441 e. The zero-order chi connectivity index (χ0) is 18.4. The van der Waals surface area contributed by atoms with E-state index in [1.54, 1.807) is 6.20 Å². The predicted octanol–water partition coefficient (Wildman–Crippen LogP) is 4.52. The number of benzene rings is 1. The van der Waals surface area contributed by atoms with Crippen LogP contribution in [0.3, 0.4) is 0 Å². The van der Waals surface area contributed by atoms with E-state index in [0.717, 1.165) is 35.0 Å². The lowest BCUT2D eigenvalue weighted by atomic mass is 9.54. The normalized spacial score (nSPS) is 31.2. The van der Waals surface area contributed by atoms with E-state index in [2.05, 4.69) is 29.4 Å². The van der Waals surface area contributed by atoms with Gasteiger partial charge in [0.1, 0.15) is 0 Å². The van der Waals surface area contributed by atoms with Crippen molar-refractivity contribution in [2.75, 3.05) is 0 Å². The number of hydrogen-bond acceptors (Lipinski definition) is 3. The van der Waals surface area contributed by atoms with Crippen molar-refractivity contribution in [1.82, 2.24) is 10.3 Å². The SMILES string of the molecule is Cc1ccc(-c2cnc(CCC(=O)NC3C4CC5CC(C4)CC3C5)o2)cc1. The maximum absolute atomic E-state index is 12.5. The molecular formula is C23H28N2O2. The zero-order valence-corrected chi connectivity index (χ0v) is 16.0. The minimum absolute atomic E-state index is 0.155. The Kier molecular flexibility index (Phi) is 4.30. The molecule has 4 saturated carbocycles. The fourth-order valence-electron chi connectivity index (χ4n) is 5.92. The summed E-state index contributed by atoms with van der Waals surface area (Å²) in [5.74, 6) is 4.89. The van der Waals surface area contributed by atoms with Gasteiger partial charge in [0.15, 0.2) is 11.7 Å². The number of hydrogen-bond donors (Lipinski definition) is 1. The van der Waals surface area contributed by atoms with Gasteiger partial charge in [0.25, 0.3) is 0 Å². The van der Waals surface area contributed by atoms with Gasteiger partial charge in [-0.3, -0.25) is 4.79 Å². The van der Waals surface area contributed by atoms with Gasteiger partial charge in [-0.15, -0.1) is 0 Å². The van der Waals surface area contributed by atoms with Crippen LogP contribution in [0.5, 0.6) is 0 Å². The number of rotatable bonds is 5. The van der Waals surface area contributed by atoms with E-state index in [1.165, 1.54) is 37.7 Å². The zero-order valence-electron chi connectivity index (χ0n) is 16.0. The van der Waals surface area contributed by atoms with Crippen LogP contribution in [0, 0.1) is 30.6 Å². The highest BCUT2D eigenvalue weighted by molar-refractivity contribution is 5.76. The molecule has 0 unspecified atom stereocenters. The number of carbonyl (C=O) groups excluding carboxylic acids is 1. The molecule has 2 aromatic rings. The van der Waals surface area contributed by atoms with E-state index in [1.807, 2.05) is 12.1 Å². The molecule has 1 amide bonds. The van der Waals surface area contributed by atoms with Gasteiger partial charge < -0.3 is 9.73 Å². The second kappa shape index (κ2) is 6.81. The molecule has 6 rings (SSSR count). The fourth-order valence-corrected chi connectivity index (χ4v) is 5.92. The number of carbonyl (C=O) groups is 1. The maximum atomic E-state index is 12.5. The van der Waals surface area contributed by atoms with Crippen molar-refractivity contribution < 1.29 is 9.21 Å². The quantitative estimate of drug-likeness (QED) is 0.848. The van der Waals surface area contributed by atoms with Crippen LogP contribution in [0.1, 0.15) is 50.0 Å². The van der Waals surface area contributed by atoms with E-state index >= 15 is 0 Å². The lowest BCUT2D eigenvalue weighted by Crippen LogP contribution is -2.55. The summed E-state index contributed by atoms with van der Waals surface area (Å²) in [7, 11) is 0. The molecule has 4 aliphatic carbocycles. The Bertz CT molecular complexity index is 795. The third-order valence-corrected chi connectivity index (χ3v) is 7.01. The van der Waals surface area contributed by atoms with Crippen molar-refractivity contribution in [3.8, 4) is 11.3 Å². The van der Waals surface area contributed by atoms with E-state index in [0.29, 0.717) is 24.8 Å². The number of oxazole rings is 1. The molecule has 0 radical (unpaired) electrons. The third-order valence-electron chi connectivity index (χ3n) is 7.01. The Morgan fingerprint density at radius 3 is 2.41 bits per heavy atom. The van der Waals surface area contributed by atoms with Crippen LogP contribution in [0.4, 0.5) is 0 Å². The molecule has 1 aromatic carbocycles. The lowest BCUT2D eigenvalue weighted by Gasteiger charge is -2.54. The van der Waals surface area contributed by atoms with Crippen molar-refractivity contribution in [2.45, 2.75) is 57.9 Å². The standard InChI is InChI=1S/C23H28N2O2/c1-14-2-4-17(5-3-14)20-13-24-22(27-20)7-6-21(26)25-23-18-9-15-8-16(11-18)12-19(23)10-15/h2-5,13,15-16,18-19,23H,6-12H2,1H3,(H,25,26). The highest BCUT2D eigenvalue weighted by Gasteiger charge is 2.48.